The summed E-state index contributed by atoms with van der Waals surface area (Å²) in [4.78, 5) is 20.4. The molecule has 0 radical (unpaired) electrons. The van der Waals surface area contributed by atoms with Crippen LogP contribution in [0.15, 0.2) is 41.6 Å². The first-order valence-electron chi connectivity index (χ1n) is 5.33. The van der Waals surface area contributed by atoms with Crippen LogP contribution in [0.25, 0.3) is 0 Å². The van der Waals surface area contributed by atoms with Crippen molar-refractivity contribution >= 4 is 17.2 Å². The van der Waals surface area contributed by atoms with Gasteiger partial charge in [-0.3, -0.25) is 9.48 Å². The molecular formula is C12H12N4OS. The van der Waals surface area contributed by atoms with Crippen LogP contribution in [-0.4, -0.2) is 20.7 Å². The molecule has 1 amide bonds. The van der Waals surface area contributed by atoms with Crippen LogP contribution in [-0.2, 0) is 6.54 Å². The average molecular weight is 260 g/mol. The summed E-state index contributed by atoms with van der Waals surface area (Å²) < 4.78 is 1.70. The van der Waals surface area contributed by atoms with E-state index < -0.39 is 0 Å². The van der Waals surface area contributed by atoms with E-state index in [2.05, 4.69) is 21.7 Å². The molecule has 0 atom stereocenters. The summed E-state index contributed by atoms with van der Waals surface area (Å²) in [6.07, 6.45) is 5.06. The van der Waals surface area contributed by atoms with Crippen molar-refractivity contribution in [2.75, 3.05) is 0 Å². The molecule has 92 valence electrons. The van der Waals surface area contributed by atoms with E-state index in [1.54, 1.807) is 41.7 Å². The first-order chi connectivity index (χ1) is 8.70. The highest BCUT2D eigenvalue weighted by Crippen LogP contribution is 2.12. The number of carbonyl (C=O) groups excluding carboxylic acids is 1. The number of aryl methyl sites for hydroxylation is 1. The number of aromatic nitrogens is 3. The van der Waals surface area contributed by atoms with E-state index in [4.69, 9.17) is 0 Å². The van der Waals surface area contributed by atoms with Gasteiger partial charge in [0.05, 0.1) is 29.3 Å². The van der Waals surface area contributed by atoms with Gasteiger partial charge in [0.15, 0.2) is 0 Å². The second-order valence-corrected chi connectivity index (χ2v) is 4.43. The Bertz CT molecular complexity index is 621. The summed E-state index contributed by atoms with van der Waals surface area (Å²) in [5, 5.41) is 4.65. The SMILES string of the molecule is C=CCn1ccc(=NC(=O)c2scnc2C)cn1. The molecule has 0 saturated carbocycles. The molecule has 0 bridgehead atoms. The van der Waals surface area contributed by atoms with Crippen LogP contribution in [0.5, 0.6) is 0 Å². The second kappa shape index (κ2) is 5.50. The molecule has 18 heavy (non-hydrogen) atoms. The van der Waals surface area contributed by atoms with Gasteiger partial charge in [0.25, 0.3) is 5.91 Å². The molecule has 0 fully saturated rings. The quantitative estimate of drug-likeness (QED) is 0.787. The number of carbonyl (C=O) groups is 1. The number of rotatable bonds is 3. The van der Waals surface area contributed by atoms with Gasteiger partial charge in [-0.2, -0.15) is 5.10 Å². The lowest BCUT2D eigenvalue weighted by atomic mass is 10.4. The van der Waals surface area contributed by atoms with Crippen molar-refractivity contribution in [1.82, 2.24) is 14.8 Å². The van der Waals surface area contributed by atoms with Crippen LogP contribution < -0.4 is 5.36 Å². The lowest BCUT2D eigenvalue weighted by molar-refractivity contribution is 0.100. The van der Waals surface area contributed by atoms with Gasteiger partial charge in [-0.1, -0.05) is 6.08 Å². The Labute approximate surface area is 108 Å². The van der Waals surface area contributed by atoms with E-state index in [1.165, 1.54) is 11.3 Å². The summed E-state index contributed by atoms with van der Waals surface area (Å²) in [5.41, 5.74) is 2.35. The minimum Gasteiger partial charge on any atom is -0.269 e. The van der Waals surface area contributed by atoms with Crippen LogP contribution in [0.2, 0.25) is 0 Å². The van der Waals surface area contributed by atoms with Gasteiger partial charge in [0.2, 0.25) is 0 Å². The fourth-order valence-electron chi connectivity index (χ4n) is 1.36. The van der Waals surface area contributed by atoms with Crippen molar-refractivity contribution in [1.29, 1.82) is 0 Å². The third-order valence-corrected chi connectivity index (χ3v) is 3.16. The van der Waals surface area contributed by atoms with Gasteiger partial charge in [-0.25, -0.2) is 9.98 Å². The predicted molar refractivity (Wildman–Crippen MR) is 69.2 cm³/mol. The highest BCUT2D eigenvalue weighted by molar-refractivity contribution is 7.11. The number of nitrogens with zero attached hydrogens (tertiary/aromatic N) is 4. The summed E-state index contributed by atoms with van der Waals surface area (Å²) in [6, 6.07) is 1.74. The maximum absolute atomic E-state index is 11.9. The van der Waals surface area contributed by atoms with Crippen LogP contribution in [0.4, 0.5) is 0 Å². The van der Waals surface area contributed by atoms with E-state index in [1.807, 2.05) is 0 Å². The standard InChI is InChI=1S/C12H12N4OS/c1-3-5-16-6-4-10(7-14-16)15-12(17)11-9(2)13-8-18-11/h3-4,6-8H,1,5H2,2H3. The van der Waals surface area contributed by atoms with Gasteiger partial charge in [0.1, 0.15) is 4.88 Å². The van der Waals surface area contributed by atoms with E-state index >= 15 is 0 Å². The van der Waals surface area contributed by atoms with Crippen molar-refractivity contribution < 1.29 is 4.79 Å². The highest BCUT2D eigenvalue weighted by atomic mass is 32.1. The number of allylic oxidation sites excluding steroid dienone is 1. The molecule has 2 aromatic heterocycles. The third kappa shape index (κ3) is 2.78. The first kappa shape index (κ1) is 12.4. The van der Waals surface area contributed by atoms with E-state index in [9.17, 15) is 4.79 Å². The summed E-state index contributed by atoms with van der Waals surface area (Å²) in [6.45, 7) is 6.05. The monoisotopic (exact) mass is 260 g/mol. The molecule has 0 N–H and O–H groups in total. The average Bonchev–Trinajstić information content (AvgIpc) is 2.78. The molecule has 0 unspecified atom stereocenters. The van der Waals surface area contributed by atoms with Crippen molar-refractivity contribution in [2.24, 2.45) is 4.99 Å². The minimum atomic E-state index is -0.279. The van der Waals surface area contributed by atoms with Gasteiger partial charge in [-0.05, 0) is 13.0 Å². The lowest BCUT2D eigenvalue weighted by Crippen LogP contribution is -2.11. The molecule has 0 saturated heterocycles. The maximum atomic E-state index is 11.9. The zero-order valence-corrected chi connectivity index (χ0v) is 10.7. The predicted octanol–water partition coefficient (Wildman–Crippen LogP) is 1.58. The smallest absolute Gasteiger partial charge is 0.269 e. The van der Waals surface area contributed by atoms with Crippen LogP contribution in [0.1, 0.15) is 15.4 Å². The molecule has 0 spiro atoms. The molecular weight excluding hydrogens is 248 g/mol. The van der Waals surface area contributed by atoms with Gasteiger partial charge in [0, 0.05) is 6.20 Å². The molecule has 6 heteroatoms. The zero-order valence-electron chi connectivity index (χ0n) is 9.91. The molecule has 0 aliphatic heterocycles. The Balaban J connectivity index is 2.26. The third-order valence-electron chi connectivity index (χ3n) is 2.24. The molecule has 0 aromatic carbocycles. The highest BCUT2D eigenvalue weighted by Gasteiger charge is 2.09. The molecule has 5 nitrogen and oxygen atoms in total. The number of hydrogen-bond acceptors (Lipinski definition) is 4. The largest absolute Gasteiger partial charge is 0.289 e. The van der Waals surface area contributed by atoms with E-state index in [0.29, 0.717) is 22.5 Å². The second-order valence-electron chi connectivity index (χ2n) is 3.58. The lowest BCUT2D eigenvalue weighted by Gasteiger charge is -1.98. The molecule has 2 rings (SSSR count). The van der Waals surface area contributed by atoms with Crippen LogP contribution in [0.3, 0.4) is 0 Å². The number of amides is 1. The fourth-order valence-corrected chi connectivity index (χ4v) is 2.04. The van der Waals surface area contributed by atoms with E-state index in [0.717, 1.165) is 0 Å². The van der Waals surface area contributed by atoms with Gasteiger partial charge in [-0.15, -0.1) is 17.9 Å². The van der Waals surface area contributed by atoms with Crippen LogP contribution >= 0.6 is 11.3 Å². The van der Waals surface area contributed by atoms with Crippen molar-refractivity contribution in [3.05, 3.63) is 52.6 Å². The van der Waals surface area contributed by atoms with Crippen molar-refractivity contribution in [3.8, 4) is 0 Å². The van der Waals surface area contributed by atoms with E-state index in [-0.39, 0.29) is 5.91 Å². The Kier molecular flexibility index (Phi) is 3.78. The number of hydrogen-bond donors (Lipinski definition) is 0. The minimum absolute atomic E-state index is 0.279. The van der Waals surface area contributed by atoms with Gasteiger partial charge < -0.3 is 0 Å². The maximum Gasteiger partial charge on any atom is 0.289 e. The fraction of sp³-hybridized carbons (Fsp3) is 0.167. The molecule has 0 aliphatic rings. The topological polar surface area (TPSA) is 60.1 Å². The summed E-state index contributed by atoms with van der Waals surface area (Å²) in [7, 11) is 0. The summed E-state index contributed by atoms with van der Waals surface area (Å²) in [5.74, 6) is -0.279. The molecule has 2 aromatic rings. The Hall–Kier alpha value is -2.08. The zero-order chi connectivity index (χ0) is 13.0. The van der Waals surface area contributed by atoms with Gasteiger partial charge >= 0.3 is 0 Å². The summed E-state index contributed by atoms with van der Waals surface area (Å²) >= 11 is 1.29. The van der Waals surface area contributed by atoms with Crippen molar-refractivity contribution in [3.63, 3.8) is 0 Å². The van der Waals surface area contributed by atoms with Crippen molar-refractivity contribution in [2.45, 2.75) is 13.5 Å². The normalized spacial score (nSPS) is 11.5. The first-order valence-corrected chi connectivity index (χ1v) is 6.21. The Morgan fingerprint density at radius 3 is 3.06 bits per heavy atom. The number of thiazole rings is 1. The molecule has 2 heterocycles. The Morgan fingerprint density at radius 2 is 2.50 bits per heavy atom. The Morgan fingerprint density at radius 1 is 1.67 bits per heavy atom. The van der Waals surface area contributed by atoms with Crippen LogP contribution in [0, 0.1) is 6.92 Å². The molecule has 0 aliphatic carbocycles.